The van der Waals surface area contributed by atoms with Crippen molar-refractivity contribution in [2.24, 2.45) is 11.6 Å². The van der Waals surface area contributed by atoms with Crippen LogP contribution in [0.25, 0.3) is 11.1 Å². The van der Waals surface area contributed by atoms with Crippen LogP contribution in [-0.2, 0) is 4.79 Å². The van der Waals surface area contributed by atoms with Gasteiger partial charge in [-0.05, 0) is 23.8 Å². The number of nitrogens with two attached hydrogens (primary N) is 2. The minimum atomic E-state index is -1.26. The molecule has 0 bridgehead atoms. The Bertz CT molecular complexity index is 717. The zero-order valence-corrected chi connectivity index (χ0v) is 12.2. The van der Waals surface area contributed by atoms with E-state index in [-0.39, 0.29) is 16.5 Å². The third-order valence-corrected chi connectivity index (χ3v) is 3.91. The van der Waals surface area contributed by atoms with Gasteiger partial charge in [0.2, 0.25) is 0 Å². The first-order valence-electron chi connectivity index (χ1n) is 6.25. The molecule has 2 aromatic rings. The quantitative estimate of drug-likeness (QED) is 0.292. The highest BCUT2D eigenvalue weighted by Gasteiger charge is 2.11. The van der Waals surface area contributed by atoms with Gasteiger partial charge in [-0.15, -0.1) is 0 Å². The standard InChI is InChI=1S/C15H14FN3O2S/c16-12-4-2-1-3-11(12)9-5-7-10(8-6-9)22-14(19-18)13(17)15(20)21/h1-8,19H,17-18H2,(H,20,21)/b14-13+. The molecule has 0 saturated carbocycles. The van der Waals surface area contributed by atoms with E-state index in [0.717, 1.165) is 22.2 Å². The fourth-order valence-corrected chi connectivity index (χ4v) is 2.54. The number of thioether (sulfide) groups is 1. The number of carboxylic acids is 1. The summed E-state index contributed by atoms with van der Waals surface area (Å²) in [5.74, 6) is 3.71. The molecule has 0 aliphatic carbocycles. The van der Waals surface area contributed by atoms with Gasteiger partial charge in [-0.1, -0.05) is 42.1 Å². The normalized spacial score (nSPS) is 11.7. The van der Waals surface area contributed by atoms with Crippen molar-refractivity contribution in [3.63, 3.8) is 0 Å². The van der Waals surface area contributed by atoms with Crippen molar-refractivity contribution in [1.29, 1.82) is 0 Å². The number of rotatable bonds is 5. The van der Waals surface area contributed by atoms with Gasteiger partial charge in [-0.2, -0.15) is 0 Å². The Morgan fingerprint density at radius 1 is 1.14 bits per heavy atom. The highest BCUT2D eigenvalue weighted by Crippen LogP contribution is 2.29. The molecule has 0 radical (unpaired) electrons. The molecule has 0 heterocycles. The molecule has 0 amide bonds. The Balaban J connectivity index is 2.25. The van der Waals surface area contributed by atoms with Gasteiger partial charge in [0.15, 0.2) is 0 Å². The lowest BCUT2D eigenvalue weighted by Gasteiger charge is -2.09. The molecule has 0 aliphatic rings. The van der Waals surface area contributed by atoms with E-state index >= 15 is 0 Å². The predicted molar refractivity (Wildman–Crippen MR) is 83.9 cm³/mol. The molecular formula is C15H14FN3O2S. The summed E-state index contributed by atoms with van der Waals surface area (Å²) in [5.41, 5.74) is 8.54. The second-order valence-corrected chi connectivity index (χ2v) is 5.38. The second kappa shape index (κ2) is 6.97. The minimum absolute atomic E-state index is 0.131. The molecule has 0 unspecified atom stereocenters. The largest absolute Gasteiger partial charge is 0.477 e. The number of aliphatic carboxylic acids is 1. The van der Waals surface area contributed by atoms with E-state index in [1.165, 1.54) is 6.07 Å². The average molecular weight is 319 g/mol. The monoisotopic (exact) mass is 319 g/mol. The maximum Gasteiger partial charge on any atom is 0.354 e. The highest BCUT2D eigenvalue weighted by atomic mass is 32.2. The predicted octanol–water partition coefficient (Wildman–Crippen LogP) is 2.26. The number of hydrogen-bond donors (Lipinski definition) is 4. The van der Waals surface area contributed by atoms with E-state index < -0.39 is 5.97 Å². The maximum atomic E-state index is 13.7. The molecule has 0 aromatic heterocycles. The molecule has 114 valence electrons. The summed E-state index contributed by atoms with van der Waals surface area (Å²) in [6.45, 7) is 0. The molecule has 2 aromatic carbocycles. The van der Waals surface area contributed by atoms with Gasteiger partial charge in [0, 0.05) is 10.5 Å². The van der Waals surface area contributed by atoms with E-state index in [9.17, 15) is 9.18 Å². The first-order valence-corrected chi connectivity index (χ1v) is 7.07. The van der Waals surface area contributed by atoms with E-state index in [1.807, 2.05) is 0 Å². The highest BCUT2D eigenvalue weighted by molar-refractivity contribution is 8.03. The van der Waals surface area contributed by atoms with Crippen LogP contribution in [-0.4, -0.2) is 11.1 Å². The lowest BCUT2D eigenvalue weighted by molar-refractivity contribution is -0.132. The van der Waals surface area contributed by atoms with Gasteiger partial charge in [0.1, 0.15) is 16.5 Å². The summed E-state index contributed by atoms with van der Waals surface area (Å²) in [4.78, 5) is 11.6. The molecule has 0 fully saturated rings. The van der Waals surface area contributed by atoms with Gasteiger partial charge in [-0.25, -0.2) is 15.0 Å². The number of benzene rings is 2. The molecule has 5 nitrogen and oxygen atoms in total. The van der Waals surface area contributed by atoms with Gasteiger partial charge in [0.25, 0.3) is 0 Å². The lowest BCUT2D eigenvalue weighted by atomic mass is 10.1. The maximum absolute atomic E-state index is 13.7. The summed E-state index contributed by atoms with van der Waals surface area (Å²) >= 11 is 1.08. The van der Waals surface area contributed by atoms with Crippen LogP contribution in [0.3, 0.4) is 0 Å². The topological polar surface area (TPSA) is 101 Å². The molecule has 0 saturated heterocycles. The number of carbonyl (C=O) groups is 1. The Hall–Kier alpha value is -2.51. The number of hydrogen-bond acceptors (Lipinski definition) is 5. The van der Waals surface area contributed by atoms with Crippen molar-refractivity contribution in [3.8, 4) is 11.1 Å². The molecule has 2 rings (SSSR count). The van der Waals surface area contributed by atoms with Gasteiger partial charge >= 0.3 is 5.97 Å². The Kier molecular flexibility index (Phi) is 5.03. The summed E-state index contributed by atoms with van der Waals surface area (Å²) in [5, 5.41) is 8.98. The van der Waals surface area contributed by atoms with Crippen LogP contribution >= 0.6 is 11.8 Å². The van der Waals surface area contributed by atoms with Crippen LogP contribution < -0.4 is 17.0 Å². The van der Waals surface area contributed by atoms with Crippen molar-refractivity contribution in [3.05, 3.63) is 65.1 Å². The number of carboxylic acid groups (broad SMARTS) is 1. The molecular weight excluding hydrogens is 305 g/mol. The zero-order valence-electron chi connectivity index (χ0n) is 11.4. The smallest absolute Gasteiger partial charge is 0.354 e. The van der Waals surface area contributed by atoms with Gasteiger partial charge in [0.05, 0.1) is 0 Å². The molecule has 0 spiro atoms. The molecule has 0 aliphatic heterocycles. The first kappa shape index (κ1) is 15.9. The minimum Gasteiger partial charge on any atom is -0.477 e. The van der Waals surface area contributed by atoms with Crippen molar-refractivity contribution >= 4 is 17.7 Å². The second-order valence-electron chi connectivity index (χ2n) is 4.30. The van der Waals surface area contributed by atoms with Gasteiger partial charge in [-0.3, -0.25) is 0 Å². The average Bonchev–Trinajstić information content (AvgIpc) is 2.53. The number of hydrazine groups is 1. The van der Waals surface area contributed by atoms with Crippen molar-refractivity contribution in [2.75, 3.05) is 0 Å². The van der Waals surface area contributed by atoms with Crippen LogP contribution in [0.15, 0.2) is 64.2 Å². The summed E-state index contributed by atoms with van der Waals surface area (Å²) in [6, 6.07) is 13.4. The summed E-state index contributed by atoms with van der Waals surface area (Å²) < 4.78 is 13.7. The zero-order chi connectivity index (χ0) is 16.1. The molecule has 0 atom stereocenters. The fraction of sp³-hybridized carbons (Fsp3) is 0. The van der Waals surface area contributed by atoms with Crippen LogP contribution in [0.5, 0.6) is 0 Å². The lowest BCUT2D eigenvalue weighted by Crippen LogP contribution is -2.26. The van der Waals surface area contributed by atoms with Crippen LogP contribution in [0, 0.1) is 5.82 Å². The van der Waals surface area contributed by atoms with E-state index in [0.29, 0.717) is 5.56 Å². The van der Waals surface area contributed by atoms with Crippen LogP contribution in [0.1, 0.15) is 0 Å². The van der Waals surface area contributed by atoms with Crippen molar-refractivity contribution in [2.45, 2.75) is 4.90 Å². The molecule has 6 N–H and O–H groups in total. The number of nitrogens with one attached hydrogen (secondary N) is 1. The fourth-order valence-electron chi connectivity index (χ4n) is 1.78. The molecule has 7 heteroatoms. The van der Waals surface area contributed by atoms with Crippen LogP contribution in [0.4, 0.5) is 4.39 Å². The van der Waals surface area contributed by atoms with Gasteiger partial charge < -0.3 is 16.3 Å². The first-order chi connectivity index (χ1) is 10.5. The molecule has 22 heavy (non-hydrogen) atoms. The Morgan fingerprint density at radius 2 is 1.77 bits per heavy atom. The van der Waals surface area contributed by atoms with Crippen molar-refractivity contribution in [1.82, 2.24) is 5.43 Å². The Labute approximate surface area is 130 Å². The number of halogens is 1. The van der Waals surface area contributed by atoms with E-state index in [2.05, 4.69) is 5.43 Å². The van der Waals surface area contributed by atoms with E-state index in [4.69, 9.17) is 16.7 Å². The van der Waals surface area contributed by atoms with Crippen molar-refractivity contribution < 1.29 is 14.3 Å². The SMILES string of the molecule is NN/C(Sc1ccc(-c2ccccc2F)cc1)=C(\N)C(=O)O. The third-order valence-electron chi connectivity index (χ3n) is 2.87. The van der Waals surface area contributed by atoms with E-state index in [1.54, 1.807) is 42.5 Å². The summed E-state index contributed by atoms with van der Waals surface area (Å²) in [6.07, 6.45) is 0. The summed E-state index contributed by atoms with van der Waals surface area (Å²) in [7, 11) is 0. The van der Waals surface area contributed by atoms with Crippen LogP contribution in [0.2, 0.25) is 0 Å². The third kappa shape index (κ3) is 3.57. The Morgan fingerprint density at radius 3 is 2.32 bits per heavy atom.